The van der Waals surface area contributed by atoms with Crippen molar-refractivity contribution in [2.75, 3.05) is 13.7 Å². The Hall–Kier alpha value is -3.88. The molecule has 35 heavy (non-hydrogen) atoms. The van der Waals surface area contributed by atoms with Gasteiger partial charge in [-0.2, -0.15) is 5.10 Å². The number of aryl methyl sites for hydroxylation is 2. The molecular weight excluding hydrogens is 448 g/mol. The van der Waals surface area contributed by atoms with Crippen molar-refractivity contribution in [3.8, 4) is 28.1 Å². The van der Waals surface area contributed by atoms with Gasteiger partial charge in [-0.1, -0.05) is 0 Å². The van der Waals surface area contributed by atoms with Crippen LogP contribution >= 0.6 is 0 Å². The van der Waals surface area contributed by atoms with E-state index >= 15 is 0 Å². The number of benzene rings is 1. The number of aromatic nitrogens is 3. The molecule has 2 heterocycles. The van der Waals surface area contributed by atoms with E-state index in [1.165, 1.54) is 4.68 Å². The number of aromatic carboxylic acids is 1. The van der Waals surface area contributed by atoms with Gasteiger partial charge in [0.05, 0.1) is 12.8 Å². The number of nitrogens with zero attached hydrogens (tertiary/aromatic N) is 3. The van der Waals surface area contributed by atoms with Crippen LogP contribution in [0, 0.1) is 0 Å². The molecule has 1 aliphatic carbocycles. The van der Waals surface area contributed by atoms with Gasteiger partial charge in [0.15, 0.2) is 0 Å². The van der Waals surface area contributed by atoms with E-state index in [1.54, 1.807) is 40.3 Å². The number of methoxy groups -OCH3 is 1. The van der Waals surface area contributed by atoms with Crippen LogP contribution in [0.15, 0.2) is 36.7 Å². The number of pyridine rings is 1. The third kappa shape index (κ3) is 5.29. The highest BCUT2D eigenvalue weighted by molar-refractivity contribution is 5.91. The normalized spacial score (nSPS) is 12.5. The summed E-state index contributed by atoms with van der Waals surface area (Å²) in [4.78, 5) is 28.1. The minimum absolute atomic E-state index is 0.198. The molecule has 0 unspecified atom stereocenters. The summed E-state index contributed by atoms with van der Waals surface area (Å²) in [6.07, 6.45) is 4.74. The highest BCUT2D eigenvalue weighted by Gasteiger charge is 2.29. The fraction of sp³-hybridized carbons (Fsp3) is 0.385. The van der Waals surface area contributed by atoms with E-state index in [2.05, 4.69) is 10.3 Å². The van der Waals surface area contributed by atoms with E-state index in [1.807, 2.05) is 24.3 Å². The topological polar surface area (TPSA) is 116 Å². The minimum Gasteiger partial charge on any atom is -0.496 e. The lowest BCUT2D eigenvalue weighted by Crippen LogP contribution is -2.33. The summed E-state index contributed by atoms with van der Waals surface area (Å²) in [5.74, 6) is -0.255. The first-order chi connectivity index (χ1) is 16.7. The van der Waals surface area contributed by atoms with Crippen molar-refractivity contribution in [1.29, 1.82) is 0 Å². The summed E-state index contributed by atoms with van der Waals surface area (Å²) in [5.41, 5.74) is 4.87. The standard InChI is InChI=1S/C26H30N4O5/c1-26(2,3)35-25(33)28-10-5-13-30-23(24(31)32)18-7-6-17-14-21(34-4)19(15-20(17)22(18)29-30)16-8-11-27-12-9-16/h8-9,11-12,14-15H,5-7,10,13H2,1-4H3,(H,28,33)(H,31,32). The molecule has 1 aliphatic rings. The molecule has 0 aliphatic heterocycles. The molecule has 0 fully saturated rings. The first kappa shape index (κ1) is 24.3. The molecule has 0 saturated heterocycles. The molecule has 9 heteroatoms. The van der Waals surface area contributed by atoms with Crippen molar-refractivity contribution in [3.63, 3.8) is 0 Å². The van der Waals surface area contributed by atoms with Gasteiger partial charge in [-0.05, 0) is 75.4 Å². The van der Waals surface area contributed by atoms with Crippen molar-refractivity contribution in [2.45, 2.75) is 52.2 Å². The first-order valence-electron chi connectivity index (χ1n) is 11.6. The van der Waals surface area contributed by atoms with Gasteiger partial charge in [0.2, 0.25) is 0 Å². The average Bonchev–Trinajstić information content (AvgIpc) is 3.19. The van der Waals surface area contributed by atoms with E-state index in [0.717, 1.165) is 33.6 Å². The van der Waals surface area contributed by atoms with Gasteiger partial charge in [0.1, 0.15) is 17.0 Å². The summed E-state index contributed by atoms with van der Waals surface area (Å²) in [7, 11) is 1.64. The van der Waals surface area contributed by atoms with Gasteiger partial charge in [-0.25, -0.2) is 9.59 Å². The molecule has 1 aromatic carbocycles. The van der Waals surface area contributed by atoms with E-state index in [-0.39, 0.29) is 5.69 Å². The molecular formula is C26H30N4O5. The van der Waals surface area contributed by atoms with Crippen molar-refractivity contribution >= 4 is 12.1 Å². The molecule has 0 radical (unpaired) electrons. The summed E-state index contributed by atoms with van der Waals surface area (Å²) < 4.78 is 12.4. The maximum atomic E-state index is 12.2. The number of carbonyl (C=O) groups is 2. The Bertz CT molecular complexity index is 1240. The van der Waals surface area contributed by atoms with Crippen LogP contribution < -0.4 is 10.1 Å². The summed E-state index contributed by atoms with van der Waals surface area (Å²) >= 11 is 0. The molecule has 0 saturated carbocycles. The number of nitrogens with one attached hydrogen (secondary N) is 1. The third-order valence-electron chi connectivity index (χ3n) is 5.78. The molecule has 9 nitrogen and oxygen atoms in total. The predicted molar refractivity (Wildman–Crippen MR) is 131 cm³/mol. The molecule has 4 rings (SSSR count). The van der Waals surface area contributed by atoms with Crippen molar-refractivity contribution < 1.29 is 24.2 Å². The van der Waals surface area contributed by atoms with Crippen LogP contribution in [0.25, 0.3) is 22.4 Å². The van der Waals surface area contributed by atoms with Gasteiger partial charge in [0, 0.05) is 42.2 Å². The largest absolute Gasteiger partial charge is 0.496 e. The summed E-state index contributed by atoms with van der Waals surface area (Å²) in [5, 5.41) is 17.4. The number of rotatable bonds is 7. The van der Waals surface area contributed by atoms with Gasteiger partial charge < -0.3 is 19.9 Å². The number of carbonyl (C=O) groups excluding carboxylic acids is 1. The second kappa shape index (κ2) is 9.77. The smallest absolute Gasteiger partial charge is 0.407 e. The van der Waals surface area contributed by atoms with Gasteiger partial charge >= 0.3 is 12.1 Å². The Kier molecular flexibility index (Phi) is 6.77. The average molecular weight is 479 g/mol. The van der Waals surface area contributed by atoms with Gasteiger partial charge in [0.25, 0.3) is 0 Å². The molecule has 0 spiro atoms. The van der Waals surface area contributed by atoms with Crippen molar-refractivity contribution in [1.82, 2.24) is 20.1 Å². The molecule has 2 aromatic heterocycles. The van der Waals surface area contributed by atoms with Crippen LogP contribution in [0.4, 0.5) is 4.79 Å². The lowest BCUT2D eigenvalue weighted by molar-refractivity contribution is 0.0524. The predicted octanol–water partition coefficient (Wildman–Crippen LogP) is 4.33. The van der Waals surface area contributed by atoms with E-state index in [0.29, 0.717) is 38.0 Å². The molecule has 0 bridgehead atoms. The van der Waals surface area contributed by atoms with Gasteiger partial charge in [-0.3, -0.25) is 9.67 Å². The molecule has 1 amide bonds. The van der Waals surface area contributed by atoms with E-state index < -0.39 is 17.7 Å². The number of alkyl carbamates (subject to hydrolysis) is 1. The van der Waals surface area contributed by atoms with E-state index in [4.69, 9.17) is 14.6 Å². The maximum Gasteiger partial charge on any atom is 0.407 e. The van der Waals surface area contributed by atoms with Crippen molar-refractivity contribution in [2.24, 2.45) is 0 Å². The fourth-order valence-corrected chi connectivity index (χ4v) is 4.32. The first-order valence-corrected chi connectivity index (χ1v) is 11.6. The third-order valence-corrected chi connectivity index (χ3v) is 5.78. The van der Waals surface area contributed by atoms with Crippen LogP contribution in [0.3, 0.4) is 0 Å². The number of ether oxygens (including phenoxy) is 2. The number of carboxylic acid groups (broad SMARTS) is 1. The Balaban J connectivity index is 1.62. The number of amides is 1. The summed E-state index contributed by atoms with van der Waals surface area (Å²) in [6.45, 7) is 6.10. The zero-order chi connectivity index (χ0) is 25.2. The molecule has 184 valence electrons. The number of hydrogen-bond acceptors (Lipinski definition) is 6. The Morgan fingerprint density at radius 1 is 1.14 bits per heavy atom. The zero-order valence-corrected chi connectivity index (χ0v) is 20.4. The highest BCUT2D eigenvalue weighted by Crippen LogP contribution is 2.41. The second-order valence-corrected chi connectivity index (χ2v) is 9.43. The monoisotopic (exact) mass is 478 g/mol. The van der Waals surface area contributed by atoms with Crippen LogP contribution in [0.2, 0.25) is 0 Å². The minimum atomic E-state index is -1.01. The Morgan fingerprint density at radius 2 is 1.89 bits per heavy atom. The lowest BCUT2D eigenvalue weighted by Gasteiger charge is -2.19. The summed E-state index contributed by atoms with van der Waals surface area (Å²) in [6, 6.07) is 7.85. The number of hydrogen-bond donors (Lipinski definition) is 2. The fourth-order valence-electron chi connectivity index (χ4n) is 4.32. The molecule has 0 atom stereocenters. The van der Waals surface area contributed by atoms with E-state index in [9.17, 15) is 14.7 Å². The highest BCUT2D eigenvalue weighted by atomic mass is 16.6. The van der Waals surface area contributed by atoms with Gasteiger partial charge in [-0.15, -0.1) is 0 Å². The van der Waals surface area contributed by atoms with Crippen LogP contribution in [0.1, 0.15) is 48.8 Å². The molecule has 2 N–H and O–H groups in total. The number of fused-ring (bicyclic) bond motifs is 3. The van der Waals surface area contributed by atoms with Crippen LogP contribution in [-0.2, 0) is 24.1 Å². The van der Waals surface area contributed by atoms with Crippen LogP contribution in [0.5, 0.6) is 5.75 Å². The lowest BCUT2D eigenvalue weighted by atomic mass is 9.86. The van der Waals surface area contributed by atoms with Crippen LogP contribution in [-0.4, -0.2) is 51.2 Å². The Labute approximate surface area is 204 Å². The zero-order valence-electron chi connectivity index (χ0n) is 20.4. The maximum absolute atomic E-state index is 12.2. The Morgan fingerprint density at radius 3 is 2.54 bits per heavy atom. The SMILES string of the molecule is COc1cc2c(cc1-c1ccncc1)-c1nn(CCCNC(=O)OC(C)(C)C)c(C(=O)O)c1CC2. The quantitative estimate of drug-likeness (QED) is 0.486. The second-order valence-electron chi connectivity index (χ2n) is 9.43. The van der Waals surface area contributed by atoms with Crippen molar-refractivity contribution in [3.05, 3.63) is 53.5 Å². The number of carboxylic acids is 1. The molecule has 3 aromatic rings.